The molecule has 2 aromatic rings. The number of anilines is 2. The van der Waals surface area contributed by atoms with Crippen LogP contribution >= 0.6 is 0 Å². The molecule has 0 aliphatic carbocycles. The highest BCUT2D eigenvalue weighted by Gasteiger charge is 2.29. The monoisotopic (exact) mass is 356 g/mol. The molecule has 7 nitrogen and oxygen atoms in total. The number of nitrogens with two attached hydrogens (primary N) is 1. The van der Waals surface area contributed by atoms with Crippen LogP contribution in [0.3, 0.4) is 0 Å². The highest BCUT2D eigenvalue weighted by Crippen LogP contribution is 2.17. The van der Waals surface area contributed by atoms with Gasteiger partial charge >= 0.3 is 6.03 Å². The highest BCUT2D eigenvalue weighted by molar-refractivity contribution is 6.01. The van der Waals surface area contributed by atoms with E-state index in [0.717, 1.165) is 0 Å². The van der Waals surface area contributed by atoms with Gasteiger partial charge < -0.3 is 26.4 Å². The van der Waals surface area contributed by atoms with Gasteiger partial charge in [0.25, 0.3) is 0 Å². The van der Waals surface area contributed by atoms with E-state index in [-0.39, 0.29) is 5.91 Å². The first-order chi connectivity index (χ1) is 12.4. The first-order valence-electron chi connectivity index (χ1n) is 8.29. The van der Waals surface area contributed by atoms with Gasteiger partial charge in [0.1, 0.15) is 17.9 Å². The van der Waals surface area contributed by atoms with Crippen LogP contribution in [-0.2, 0) is 4.79 Å². The summed E-state index contributed by atoms with van der Waals surface area (Å²) in [6.07, 6.45) is 0. The Morgan fingerprint density at radius 2 is 1.58 bits per heavy atom. The van der Waals surface area contributed by atoms with E-state index in [1.165, 1.54) is 0 Å². The number of hydrogen-bond donors (Lipinski definition) is 4. The first-order valence-corrected chi connectivity index (χ1v) is 8.29. The van der Waals surface area contributed by atoms with Crippen LogP contribution in [0.2, 0.25) is 0 Å². The summed E-state index contributed by atoms with van der Waals surface area (Å²) in [5, 5.41) is 8.12. The molecule has 0 saturated heterocycles. The quantitative estimate of drug-likeness (QED) is 0.612. The number of urea groups is 1. The molecule has 2 aromatic carbocycles. The zero-order chi connectivity index (χ0) is 19.0. The van der Waals surface area contributed by atoms with Gasteiger partial charge in [-0.15, -0.1) is 0 Å². The molecule has 0 saturated carbocycles. The zero-order valence-corrected chi connectivity index (χ0v) is 14.9. The minimum atomic E-state index is -1.10. The minimum absolute atomic E-state index is 0.337. The van der Waals surface area contributed by atoms with Crippen molar-refractivity contribution in [3.63, 3.8) is 0 Å². The summed E-state index contributed by atoms with van der Waals surface area (Å²) in [5.74, 6) is 0.337. The molecular weight excluding hydrogens is 332 g/mol. The van der Waals surface area contributed by atoms with Crippen LogP contribution in [0.4, 0.5) is 16.2 Å². The Kier molecular flexibility index (Phi) is 6.57. The van der Waals surface area contributed by atoms with Gasteiger partial charge in [-0.1, -0.05) is 18.2 Å². The number of benzene rings is 2. The summed E-state index contributed by atoms with van der Waals surface area (Å²) in [6, 6.07) is 15.5. The minimum Gasteiger partial charge on any atom is -0.492 e. The van der Waals surface area contributed by atoms with Gasteiger partial charge in [0, 0.05) is 17.9 Å². The molecule has 0 heterocycles. The van der Waals surface area contributed by atoms with Crippen molar-refractivity contribution in [2.75, 3.05) is 23.8 Å². The van der Waals surface area contributed by atoms with Crippen LogP contribution in [0.1, 0.15) is 13.8 Å². The number of ether oxygens (including phenoxy) is 1. The van der Waals surface area contributed by atoms with Crippen molar-refractivity contribution in [3.05, 3.63) is 54.6 Å². The molecule has 0 aliphatic heterocycles. The van der Waals surface area contributed by atoms with Crippen molar-refractivity contribution in [1.29, 1.82) is 0 Å². The number of rotatable bonds is 7. The van der Waals surface area contributed by atoms with Crippen molar-refractivity contribution >= 4 is 23.3 Å². The first kappa shape index (κ1) is 19.3. The fraction of sp³-hybridized carbons (Fsp3) is 0.263. The van der Waals surface area contributed by atoms with E-state index >= 15 is 0 Å². The maximum absolute atomic E-state index is 12.5. The standard InChI is InChI=1S/C19H24N4O3/c1-19(2,23-18(25)22-14-6-4-3-5-7-14)17(24)21-15-8-10-16(11-9-15)26-13-12-20/h3-11H,12-13,20H2,1-2H3,(H,21,24)(H2,22,23,25). The lowest BCUT2D eigenvalue weighted by Crippen LogP contribution is -2.53. The van der Waals surface area contributed by atoms with Crippen molar-refractivity contribution in [3.8, 4) is 5.75 Å². The lowest BCUT2D eigenvalue weighted by atomic mass is 10.0. The van der Waals surface area contributed by atoms with E-state index in [4.69, 9.17) is 10.5 Å². The third-order valence-corrected chi connectivity index (χ3v) is 3.52. The highest BCUT2D eigenvalue weighted by atomic mass is 16.5. The molecular formula is C19H24N4O3. The third kappa shape index (κ3) is 5.78. The Morgan fingerprint density at radius 1 is 0.962 bits per heavy atom. The fourth-order valence-corrected chi connectivity index (χ4v) is 2.12. The molecule has 0 radical (unpaired) electrons. The lowest BCUT2D eigenvalue weighted by molar-refractivity contribution is -0.120. The number of carbonyl (C=O) groups is 2. The Bertz CT molecular complexity index is 730. The maximum Gasteiger partial charge on any atom is 0.320 e. The van der Waals surface area contributed by atoms with Crippen LogP contribution in [-0.4, -0.2) is 30.6 Å². The van der Waals surface area contributed by atoms with Crippen LogP contribution in [0, 0.1) is 0 Å². The average molecular weight is 356 g/mol. The molecule has 0 spiro atoms. The molecule has 0 unspecified atom stereocenters. The second-order valence-electron chi connectivity index (χ2n) is 6.19. The topological polar surface area (TPSA) is 105 Å². The van der Waals surface area contributed by atoms with Crippen LogP contribution in [0.15, 0.2) is 54.6 Å². The lowest BCUT2D eigenvalue weighted by Gasteiger charge is -2.25. The summed E-state index contributed by atoms with van der Waals surface area (Å²) in [7, 11) is 0. The van der Waals surface area contributed by atoms with E-state index < -0.39 is 11.6 Å². The average Bonchev–Trinajstić information content (AvgIpc) is 2.61. The molecule has 138 valence electrons. The van der Waals surface area contributed by atoms with Crippen LogP contribution in [0.5, 0.6) is 5.75 Å². The van der Waals surface area contributed by atoms with Crippen LogP contribution < -0.4 is 26.4 Å². The Hall–Kier alpha value is -3.06. The molecule has 7 heteroatoms. The molecule has 0 bridgehead atoms. The molecule has 26 heavy (non-hydrogen) atoms. The largest absolute Gasteiger partial charge is 0.492 e. The summed E-state index contributed by atoms with van der Waals surface area (Å²) in [5.41, 5.74) is 5.54. The van der Waals surface area contributed by atoms with Crippen molar-refractivity contribution in [2.45, 2.75) is 19.4 Å². The summed E-state index contributed by atoms with van der Waals surface area (Å²) < 4.78 is 5.39. The predicted octanol–water partition coefficient (Wildman–Crippen LogP) is 2.56. The second-order valence-corrected chi connectivity index (χ2v) is 6.19. The van der Waals surface area contributed by atoms with E-state index in [0.29, 0.717) is 30.3 Å². The molecule has 0 fully saturated rings. The fourth-order valence-electron chi connectivity index (χ4n) is 2.12. The van der Waals surface area contributed by atoms with Gasteiger partial charge in [0.15, 0.2) is 0 Å². The van der Waals surface area contributed by atoms with Gasteiger partial charge in [0.2, 0.25) is 5.91 Å². The number of para-hydroxylation sites is 1. The predicted molar refractivity (Wildman–Crippen MR) is 102 cm³/mol. The summed E-state index contributed by atoms with van der Waals surface area (Å²) in [6.45, 7) is 4.12. The summed E-state index contributed by atoms with van der Waals surface area (Å²) >= 11 is 0. The second kappa shape index (κ2) is 8.87. The number of hydrogen-bond acceptors (Lipinski definition) is 4. The molecule has 0 aromatic heterocycles. The van der Waals surface area contributed by atoms with E-state index in [9.17, 15) is 9.59 Å². The molecule has 5 N–H and O–H groups in total. The Balaban J connectivity index is 1.91. The van der Waals surface area contributed by atoms with Crippen molar-refractivity contribution in [2.24, 2.45) is 5.73 Å². The third-order valence-electron chi connectivity index (χ3n) is 3.52. The summed E-state index contributed by atoms with van der Waals surface area (Å²) in [4.78, 5) is 24.6. The van der Waals surface area contributed by atoms with Crippen molar-refractivity contribution < 1.29 is 14.3 Å². The number of amides is 3. The normalized spacial score (nSPS) is 10.7. The van der Waals surface area contributed by atoms with Gasteiger partial charge in [-0.25, -0.2) is 4.79 Å². The SMILES string of the molecule is CC(C)(NC(=O)Nc1ccccc1)C(=O)Nc1ccc(OCCN)cc1. The Morgan fingerprint density at radius 3 is 2.19 bits per heavy atom. The van der Waals surface area contributed by atoms with Crippen molar-refractivity contribution in [1.82, 2.24) is 5.32 Å². The van der Waals surface area contributed by atoms with E-state index in [1.54, 1.807) is 50.2 Å². The molecule has 2 rings (SSSR count). The van der Waals surface area contributed by atoms with Crippen LogP contribution in [0.25, 0.3) is 0 Å². The molecule has 0 atom stereocenters. The molecule has 3 amide bonds. The smallest absolute Gasteiger partial charge is 0.320 e. The van der Waals surface area contributed by atoms with Gasteiger partial charge in [0.05, 0.1) is 0 Å². The Labute approximate surface area is 152 Å². The van der Waals surface area contributed by atoms with Gasteiger partial charge in [-0.3, -0.25) is 4.79 Å². The van der Waals surface area contributed by atoms with E-state index in [2.05, 4.69) is 16.0 Å². The number of carbonyl (C=O) groups excluding carboxylic acids is 2. The van der Waals surface area contributed by atoms with E-state index in [1.807, 2.05) is 18.2 Å². The molecule has 0 aliphatic rings. The maximum atomic E-state index is 12.5. The van der Waals surface area contributed by atoms with Gasteiger partial charge in [-0.2, -0.15) is 0 Å². The number of nitrogens with one attached hydrogen (secondary N) is 3. The van der Waals surface area contributed by atoms with Gasteiger partial charge in [-0.05, 0) is 50.2 Å². The zero-order valence-electron chi connectivity index (χ0n) is 14.9.